The molecule has 3 heterocycles. The molecule has 2 aromatic heterocycles. The quantitative estimate of drug-likeness (QED) is 0.858. The van der Waals surface area contributed by atoms with Crippen LogP contribution in [0.4, 0.5) is 0 Å². The van der Waals surface area contributed by atoms with Gasteiger partial charge in [0.05, 0.1) is 11.3 Å². The molecule has 0 saturated carbocycles. The van der Waals surface area contributed by atoms with Crippen molar-refractivity contribution in [2.75, 3.05) is 13.1 Å². The molecule has 0 aromatic carbocycles. The minimum atomic E-state index is 0.166. The molecule has 5 nitrogen and oxygen atoms in total. The van der Waals surface area contributed by atoms with Crippen molar-refractivity contribution in [1.29, 1.82) is 0 Å². The van der Waals surface area contributed by atoms with E-state index >= 15 is 0 Å². The van der Waals surface area contributed by atoms with Crippen molar-refractivity contribution >= 4 is 17.2 Å². The smallest absolute Gasteiger partial charge is 0.242 e. The number of hydrogen-bond acceptors (Lipinski definition) is 4. The molecular formula is C13H16N4OS. The highest BCUT2D eigenvalue weighted by atomic mass is 32.1. The molecule has 1 fully saturated rings. The molecule has 1 saturated heterocycles. The molecule has 3 rings (SSSR count). The third-order valence-corrected chi connectivity index (χ3v) is 4.39. The van der Waals surface area contributed by atoms with E-state index in [4.69, 9.17) is 0 Å². The number of aromatic nitrogens is 3. The summed E-state index contributed by atoms with van der Waals surface area (Å²) in [5.41, 5.74) is 0. The largest absolute Gasteiger partial charge is 0.340 e. The lowest BCUT2D eigenvalue weighted by atomic mass is 9.99. The zero-order chi connectivity index (χ0) is 13.1. The van der Waals surface area contributed by atoms with Crippen LogP contribution in [0.2, 0.25) is 0 Å². The fourth-order valence-corrected chi connectivity index (χ4v) is 3.25. The van der Waals surface area contributed by atoms with E-state index in [0.717, 1.165) is 30.9 Å². The number of carbonyl (C=O) groups excluding carboxylic acids is 1. The van der Waals surface area contributed by atoms with Crippen molar-refractivity contribution in [3.8, 4) is 0 Å². The molecule has 19 heavy (non-hydrogen) atoms. The summed E-state index contributed by atoms with van der Waals surface area (Å²) in [5.74, 6) is 0.569. The Labute approximate surface area is 115 Å². The highest BCUT2D eigenvalue weighted by molar-refractivity contribution is 7.09. The van der Waals surface area contributed by atoms with Crippen LogP contribution in [0.5, 0.6) is 0 Å². The number of nitrogens with zero attached hydrogens (tertiary/aromatic N) is 4. The molecule has 0 bridgehead atoms. The molecule has 1 aliphatic rings. The first-order valence-electron chi connectivity index (χ1n) is 6.46. The second kappa shape index (κ2) is 5.52. The van der Waals surface area contributed by atoms with Gasteiger partial charge in [0, 0.05) is 43.0 Å². The number of imidazole rings is 1. The molecule has 1 aliphatic heterocycles. The molecule has 0 N–H and O–H groups in total. The molecule has 100 valence electrons. The van der Waals surface area contributed by atoms with Crippen molar-refractivity contribution in [2.24, 2.45) is 0 Å². The standard InChI is InChI=1S/C13H16N4OS/c18-12(9-16-6-3-14-10-16)17-5-1-2-11(8-17)13-15-4-7-19-13/h3-4,6-7,10-11H,1-2,5,8-9H2/t11-/m1/s1. The van der Waals surface area contributed by atoms with Crippen LogP contribution >= 0.6 is 11.3 Å². The van der Waals surface area contributed by atoms with E-state index in [2.05, 4.69) is 9.97 Å². The topological polar surface area (TPSA) is 51.0 Å². The van der Waals surface area contributed by atoms with Crippen molar-refractivity contribution in [3.05, 3.63) is 35.3 Å². The molecule has 1 atom stereocenters. The van der Waals surface area contributed by atoms with Gasteiger partial charge in [-0.15, -0.1) is 11.3 Å². The second-order valence-corrected chi connectivity index (χ2v) is 5.71. The Bertz CT molecular complexity index is 523. The molecule has 0 radical (unpaired) electrons. The van der Waals surface area contributed by atoms with Crippen molar-refractivity contribution in [2.45, 2.75) is 25.3 Å². The first kappa shape index (κ1) is 12.3. The van der Waals surface area contributed by atoms with Gasteiger partial charge < -0.3 is 9.47 Å². The monoisotopic (exact) mass is 276 g/mol. The summed E-state index contributed by atoms with van der Waals surface area (Å²) in [4.78, 5) is 22.5. The van der Waals surface area contributed by atoms with Crippen LogP contribution in [0.25, 0.3) is 0 Å². The molecular weight excluding hydrogens is 260 g/mol. The number of likely N-dealkylation sites (tertiary alicyclic amines) is 1. The van der Waals surface area contributed by atoms with Crippen LogP contribution < -0.4 is 0 Å². The van der Waals surface area contributed by atoms with Crippen molar-refractivity contribution in [3.63, 3.8) is 0 Å². The van der Waals surface area contributed by atoms with Crippen LogP contribution in [-0.2, 0) is 11.3 Å². The normalized spacial score (nSPS) is 19.6. The number of carbonyl (C=O) groups is 1. The Morgan fingerprint density at radius 1 is 1.47 bits per heavy atom. The molecule has 0 spiro atoms. The Morgan fingerprint density at radius 2 is 2.42 bits per heavy atom. The highest BCUT2D eigenvalue weighted by Crippen LogP contribution is 2.28. The average Bonchev–Trinajstić information content (AvgIpc) is 3.12. The number of piperidine rings is 1. The zero-order valence-corrected chi connectivity index (χ0v) is 11.4. The molecule has 6 heteroatoms. The van der Waals surface area contributed by atoms with Crippen LogP contribution in [0.3, 0.4) is 0 Å². The van der Waals surface area contributed by atoms with Gasteiger partial charge in [-0.05, 0) is 12.8 Å². The highest BCUT2D eigenvalue weighted by Gasteiger charge is 2.26. The van der Waals surface area contributed by atoms with Gasteiger partial charge in [-0.1, -0.05) is 0 Å². The summed E-state index contributed by atoms with van der Waals surface area (Å²) in [6.07, 6.45) is 9.22. The van der Waals surface area contributed by atoms with Gasteiger partial charge in [-0.2, -0.15) is 0 Å². The Balaban J connectivity index is 1.63. The third-order valence-electron chi connectivity index (χ3n) is 3.45. The maximum Gasteiger partial charge on any atom is 0.242 e. The average molecular weight is 276 g/mol. The van der Waals surface area contributed by atoms with Gasteiger partial charge in [0.15, 0.2) is 0 Å². The lowest BCUT2D eigenvalue weighted by molar-refractivity contribution is -0.133. The Morgan fingerprint density at radius 3 is 3.16 bits per heavy atom. The first-order chi connectivity index (χ1) is 9.33. The lowest BCUT2D eigenvalue weighted by Gasteiger charge is -2.32. The molecule has 1 amide bonds. The summed E-state index contributed by atoms with van der Waals surface area (Å²) in [5, 5.41) is 3.15. The number of rotatable bonds is 3. The van der Waals surface area contributed by atoms with E-state index in [9.17, 15) is 4.79 Å². The van der Waals surface area contributed by atoms with E-state index in [1.807, 2.05) is 27.2 Å². The van der Waals surface area contributed by atoms with Crippen LogP contribution in [0, 0.1) is 0 Å². The van der Waals surface area contributed by atoms with Crippen molar-refractivity contribution < 1.29 is 4.79 Å². The van der Waals surface area contributed by atoms with E-state index in [-0.39, 0.29) is 5.91 Å². The van der Waals surface area contributed by atoms with Gasteiger partial charge in [0.25, 0.3) is 0 Å². The Hall–Kier alpha value is -1.69. The maximum atomic E-state index is 12.2. The lowest BCUT2D eigenvalue weighted by Crippen LogP contribution is -2.40. The summed E-state index contributed by atoms with van der Waals surface area (Å²) < 4.78 is 1.81. The molecule has 0 aliphatic carbocycles. The fraction of sp³-hybridized carbons (Fsp3) is 0.462. The van der Waals surface area contributed by atoms with Crippen LogP contribution in [0.1, 0.15) is 23.8 Å². The number of hydrogen-bond donors (Lipinski definition) is 0. The van der Waals surface area contributed by atoms with E-state index in [0.29, 0.717) is 12.5 Å². The summed E-state index contributed by atoms with van der Waals surface area (Å²) in [6.45, 7) is 2.03. The van der Waals surface area contributed by atoms with Gasteiger partial charge in [0.1, 0.15) is 6.54 Å². The van der Waals surface area contributed by atoms with Crippen LogP contribution in [0.15, 0.2) is 30.3 Å². The van der Waals surface area contributed by atoms with Gasteiger partial charge in [-0.25, -0.2) is 9.97 Å². The van der Waals surface area contributed by atoms with Gasteiger partial charge in [0.2, 0.25) is 5.91 Å². The van der Waals surface area contributed by atoms with Gasteiger partial charge in [-0.3, -0.25) is 4.79 Å². The summed E-state index contributed by atoms with van der Waals surface area (Å²) >= 11 is 1.68. The SMILES string of the molecule is O=C(Cn1ccnc1)N1CCC[C@@H](c2nccs2)C1. The van der Waals surface area contributed by atoms with Crippen LogP contribution in [-0.4, -0.2) is 38.4 Å². The Kier molecular flexibility index (Phi) is 3.59. The number of amides is 1. The predicted octanol–water partition coefficient (Wildman–Crippen LogP) is 1.75. The maximum absolute atomic E-state index is 12.2. The minimum absolute atomic E-state index is 0.166. The molecule has 0 unspecified atom stereocenters. The minimum Gasteiger partial charge on any atom is -0.340 e. The van der Waals surface area contributed by atoms with E-state index < -0.39 is 0 Å². The number of thiazole rings is 1. The molecule has 2 aromatic rings. The first-order valence-corrected chi connectivity index (χ1v) is 7.34. The zero-order valence-electron chi connectivity index (χ0n) is 10.6. The van der Waals surface area contributed by atoms with E-state index in [1.54, 1.807) is 23.9 Å². The predicted molar refractivity (Wildman–Crippen MR) is 72.9 cm³/mol. The fourth-order valence-electron chi connectivity index (χ4n) is 2.48. The summed E-state index contributed by atoms with van der Waals surface area (Å²) in [7, 11) is 0. The van der Waals surface area contributed by atoms with Gasteiger partial charge >= 0.3 is 0 Å². The van der Waals surface area contributed by atoms with Crippen molar-refractivity contribution in [1.82, 2.24) is 19.4 Å². The third kappa shape index (κ3) is 2.84. The van der Waals surface area contributed by atoms with E-state index in [1.165, 1.54) is 0 Å². The second-order valence-electron chi connectivity index (χ2n) is 4.78. The summed E-state index contributed by atoms with van der Waals surface area (Å²) in [6, 6.07) is 0.